The molecule has 1 rings (SSSR count). The highest BCUT2D eigenvalue weighted by Crippen LogP contribution is 2.14. The summed E-state index contributed by atoms with van der Waals surface area (Å²) in [7, 11) is 1.54. The maximum absolute atomic E-state index is 11.9. The molecule has 0 aliphatic carbocycles. The maximum atomic E-state index is 11.9. The van der Waals surface area contributed by atoms with Crippen molar-refractivity contribution in [1.29, 1.82) is 0 Å². The fraction of sp³-hybridized carbons (Fsp3) is 0.533. The molecule has 5 heteroatoms. The molecule has 0 heterocycles. The maximum Gasteiger partial charge on any atom is 0.223 e. The highest BCUT2D eigenvalue weighted by Gasteiger charge is 2.13. The molecule has 0 spiro atoms. The Hall–Kier alpha value is -0.910. The van der Waals surface area contributed by atoms with Gasteiger partial charge in [0.25, 0.3) is 0 Å². The largest absolute Gasteiger partial charge is 0.391 e. The molecule has 112 valence electrons. The second-order valence-electron chi connectivity index (χ2n) is 4.92. The van der Waals surface area contributed by atoms with E-state index in [2.05, 4.69) is 21.2 Å². The second kappa shape index (κ2) is 9.10. The summed E-state index contributed by atoms with van der Waals surface area (Å²) in [6, 6.07) is 7.97. The molecule has 0 saturated carbocycles. The number of methoxy groups -OCH3 is 1. The molecule has 4 nitrogen and oxygen atoms in total. The van der Waals surface area contributed by atoms with E-state index in [1.807, 2.05) is 31.2 Å². The fourth-order valence-corrected chi connectivity index (χ4v) is 2.14. The molecular formula is C15H22BrNO3. The topological polar surface area (TPSA) is 58.6 Å². The van der Waals surface area contributed by atoms with Gasteiger partial charge in [-0.25, -0.2) is 0 Å². The SMILES string of the molecule is COCC(O)CCNC(=O)C(C)Cc1ccc(Br)cc1. The first kappa shape index (κ1) is 17.1. The van der Waals surface area contributed by atoms with Gasteiger partial charge in [-0.1, -0.05) is 35.0 Å². The quantitative estimate of drug-likeness (QED) is 0.760. The van der Waals surface area contributed by atoms with Crippen LogP contribution in [0.4, 0.5) is 0 Å². The van der Waals surface area contributed by atoms with E-state index in [0.29, 0.717) is 26.0 Å². The number of nitrogens with one attached hydrogen (secondary N) is 1. The lowest BCUT2D eigenvalue weighted by molar-refractivity contribution is -0.124. The molecule has 0 fully saturated rings. The molecule has 0 saturated heterocycles. The summed E-state index contributed by atoms with van der Waals surface area (Å²) in [5.41, 5.74) is 1.13. The van der Waals surface area contributed by atoms with Gasteiger partial charge in [0, 0.05) is 24.0 Å². The van der Waals surface area contributed by atoms with Crippen molar-refractivity contribution in [3.63, 3.8) is 0 Å². The van der Waals surface area contributed by atoms with Gasteiger partial charge in [-0.05, 0) is 30.5 Å². The van der Waals surface area contributed by atoms with E-state index in [1.54, 1.807) is 7.11 Å². The molecule has 0 aliphatic rings. The lowest BCUT2D eigenvalue weighted by atomic mass is 10.0. The fourth-order valence-electron chi connectivity index (χ4n) is 1.88. The molecule has 2 unspecified atom stereocenters. The predicted molar refractivity (Wildman–Crippen MR) is 82.5 cm³/mol. The smallest absolute Gasteiger partial charge is 0.223 e. The van der Waals surface area contributed by atoms with Crippen molar-refractivity contribution in [1.82, 2.24) is 5.32 Å². The summed E-state index contributed by atoms with van der Waals surface area (Å²) in [6.45, 7) is 2.67. The highest BCUT2D eigenvalue weighted by atomic mass is 79.9. The number of halogens is 1. The molecule has 20 heavy (non-hydrogen) atoms. The van der Waals surface area contributed by atoms with Crippen molar-refractivity contribution in [2.75, 3.05) is 20.3 Å². The van der Waals surface area contributed by atoms with E-state index in [0.717, 1.165) is 10.0 Å². The van der Waals surface area contributed by atoms with Gasteiger partial charge in [0.2, 0.25) is 5.91 Å². The molecule has 1 aromatic carbocycles. The number of aliphatic hydroxyl groups excluding tert-OH is 1. The van der Waals surface area contributed by atoms with Gasteiger partial charge in [-0.15, -0.1) is 0 Å². The zero-order valence-corrected chi connectivity index (χ0v) is 13.5. The Balaban J connectivity index is 2.30. The van der Waals surface area contributed by atoms with Crippen LogP contribution in [-0.2, 0) is 16.0 Å². The normalized spacial score (nSPS) is 13.8. The summed E-state index contributed by atoms with van der Waals surface area (Å²) < 4.78 is 5.86. The van der Waals surface area contributed by atoms with E-state index in [1.165, 1.54) is 0 Å². The van der Waals surface area contributed by atoms with Crippen molar-refractivity contribution in [2.45, 2.75) is 25.9 Å². The predicted octanol–water partition coefficient (Wildman–Crippen LogP) is 2.14. The first-order valence-electron chi connectivity index (χ1n) is 6.72. The Morgan fingerprint density at radius 2 is 2.05 bits per heavy atom. The van der Waals surface area contributed by atoms with Crippen molar-refractivity contribution >= 4 is 21.8 Å². The van der Waals surface area contributed by atoms with Gasteiger partial charge in [-0.2, -0.15) is 0 Å². The zero-order chi connectivity index (χ0) is 15.0. The second-order valence-corrected chi connectivity index (χ2v) is 5.84. The van der Waals surface area contributed by atoms with E-state index < -0.39 is 6.10 Å². The summed E-state index contributed by atoms with van der Waals surface area (Å²) in [6.07, 6.45) is 0.687. The van der Waals surface area contributed by atoms with Crippen LogP contribution in [-0.4, -0.2) is 37.4 Å². The minimum atomic E-state index is -0.526. The van der Waals surface area contributed by atoms with Crippen LogP contribution in [0.5, 0.6) is 0 Å². The third kappa shape index (κ3) is 6.50. The van der Waals surface area contributed by atoms with Crippen LogP contribution >= 0.6 is 15.9 Å². The first-order chi connectivity index (χ1) is 9.52. The Labute approximate surface area is 128 Å². The summed E-state index contributed by atoms with van der Waals surface area (Å²) in [5.74, 6) is -0.0757. The van der Waals surface area contributed by atoms with Crippen LogP contribution in [0.3, 0.4) is 0 Å². The molecule has 0 aromatic heterocycles. The average molecular weight is 344 g/mol. The third-order valence-electron chi connectivity index (χ3n) is 3.04. The summed E-state index contributed by atoms with van der Waals surface area (Å²) in [4.78, 5) is 11.9. The molecule has 0 bridgehead atoms. The van der Waals surface area contributed by atoms with Gasteiger partial charge < -0.3 is 15.2 Å². The number of benzene rings is 1. The van der Waals surface area contributed by atoms with E-state index >= 15 is 0 Å². The number of hydrogen-bond donors (Lipinski definition) is 2. The third-order valence-corrected chi connectivity index (χ3v) is 3.57. The number of rotatable bonds is 8. The number of aliphatic hydroxyl groups is 1. The minimum Gasteiger partial charge on any atom is -0.391 e. The summed E-state index contributed by atoms with van der Waals surface area (Å²) in [5, 5.41) is 12.3. The Morgan fingerprint density at radius 1 is 1.40 bits per heavy atom. The Kier molecular flexibility index (Phi) is 7.80. The number of carbonyl (C=O) groups is 1. The summed E-state index contributed by atoms with van der Waals surface area (Å²) >= 11 is 3.39. The molecule has 2 atom stereocenters. The average Bonchev–Trinajstić information content (AvgIpc) is 2.41. The van der Waals surface area contributed by atoms with Gasteiger partial charge >= 0.3 is 0 Å². The standard InChI is InChI=1S/C15H22BrNO3/c1-11(9-12-3-5-13(16)6-4-12)15(19)17-8-7-14(18)10-20-2/h3-6,11,14,18H,7-10H2,1-2H3,(H,17,19). The molecule has 0 radical (unpaired) electrons. The minimum absolute atomic E-state index is 0.0116. The zero-order valence-electron chi connectivity index (χ0n) is 11.9. The van der Waals surface area contributed by atoms with Gasteiger partial charge in [0.15, 0.2) is 0 Å². The van der Waals surface area contributed by atoms with E-state index in [4.69, 9.17) is 4.74 Å². The van der Waals surface area contributed by atoms with Crippen LogP contribution in [0.15, 0.2) is 28.7 Å². The van der Waals surface area contributed by atoms with Gasteiger partial charge in [-0.3, -0.25) is 4.79 Å². The first-order valence-corrected chi connectivity index (χ1v) is 7.51. The number of carbonyl (C=O) groups excluding carboxylic acids is 1. The van der Waals surface area contributed by atoms with E-state index in [-0.39, 0.29) is 11.8 Å². The van der Waals surface area contributed by atoms with Gasteiger partial charge in [0.1, 0.15) is 0 Å². The molecule has 0 aliphatic heterocycles. The van der Waals surface area contributed by atoms with Crippen LogP contribution in [0.1, 0.15) is 18.9 Å². The highest BCUT2D eigenvalue weighted by molar-refractivity contribution is 9.10. The monoisotopic (exact) mass is 343 g/mol. The molecule has 1 aromatic rings. The van der Waals surface area contributed by atoms with Crippen LogP contribution in [0.2, 0.25) is 0 Å². The molecule has 2 N–H and O–H groups in total. The number of ether oxygens (including phenoxy) is 1. The molecular weight excluding hydrogens is 322 g/mol. The van der Waals surface area contributed by atoms with Gasteiger partial charge in [0.05, 0.1) is 12.7 Å². The van der Waals surface area contributed by atoms with Crippen LogP contribution < -0.4 is 5.32 Å². The van der Waals surface area contributed by atoms with Crippen LogP contribution in [0.25, 0.3) is 0 Å². The Morgan fingerprint density at radius 3 is 2.65 bits per heavy atom. The molecule has 1 amide bonds. The van der Waals surface area contributed by atoms with Crippen molar-refractivity contribution in [2.24, 2.45) is 5.92 Å². The number of hydrogen-bond acceptors (Lipinski definition) is 3. The number of amides is 1. The van der Waals surface area contributed by atoms with Crippen molar-refractivity contribution in [3.05, 3.63) is 34.3 Å². The van der Waals surface area contributed by atoms with E-state index in [9.17, 15) is 9.90 Å². The van der Waals surface area contributed by atoms with Crippen molar-refractivity contribution in [3.8, 4) is 0 Å². The van der Waals surface area contributed by atoms with Crippen molar-refractivity contribution < 1.29 is 14.6 Å². The Bertz CT molecular complexity index is 408. The van der Waals surface area contributed by atoms with Crippen LogP contribution in [0, 0.1) is 5.92 Å². The lowest BCUT2D eigenvalue weighted by Gasteiger charge is -2.14. The lowest BCUT2D eigenvalue weighted by Crippen LogP contribution is -2.33.